The van der Waals surface area contributed by atoms with Crippen LogP contribution in [0.5, 0.6) is 0 Å². The molecule has 0 bridgehead atoms. The molecule has 18 heavy (non-hydrogen) atoms. The Morgan fingerprint density at radius 2 is 1.94 bits per heavy atom. The molecule has 8 heteroatoms. The SMILES string of the molecule is CCOC(=O)NS(=O)(=O)NC1(CN)CCCCC1. The van der Waals surface area contributed by atoms with Crippen molar-refractivity contribution in [2.45, 2.75) is 44.6 Å². The van der Waals surface area contributed by atoms with E-state index in [4.69, 9.17) is 5.73 Å². The zero-order valence-electron chi connectivity index (χ0n) is 10.6. The number of hydrogen-bond donors (Lipinski definition) is 3. The first-order chi connectivity index (χ1) is 8.43. The lowest BCUT2D eigenvalue weighted by Crippen LogP contribution is -2.58. The molecule has 0 aliphatic heterocycles. The van der Waals surface area contributed by atoms with Crippen molar-refractivity contribution in [2.75, 3.05) is 13.2 Å². The highest BCUT2D eigenvalue weighted by Gasteiger charge is 2.35. The standard InChI is InChI=1S/C10H21N3O4S/c1-2-17-9(14)12-18(15,16)13-10(8-11)6-4-3-5-7-10/h13H,2-8,11H2,1H3,(H,12,14). The topological polar surface area (TPSA) is 111 Å². The molecule has 1 aliphatic carbocycles. The molecule has 0 heterocycles. The van der Waals surface area contributed by atoms with Crippen LogP contribution in [0.25, 0.3) is 0 Å². The Labute approximate surface area is 108 Å². The summed E-state index contributed by atoms with van der Waals surface area (Å²) in [5, 5.41) is 0. The summed E-state index contributed by atoms with van der Waals surface area (Å²) in [6, 6.07) is 0. The highest BCUT2D eigenvalue weighted by Crippen LogP contribution is 2.27. The van der Waals surface area contributed by atoms with E-state index in [1.807, 2.05) is 4.72 Å². The number of amides is 1. The van der Waals surface area contributed by atoms with Gasteiger partial charge in [0.15, 0.2) is 0 Å². The van der Waals surface area contributed by atoms with Crippen LogP contribution in [0, 0.1) is 0 Å². The van der Waals surface area contributed by atoms with E-state index < -0.39 is 21.8 Å². The lowest BCUT2D eigenvalue weighted by molar-refractivity contribution is 0.158. The predicted octanol–water partition coefficient (Wildman–Crippen LogP) is 0.229. The molecule has 0 saturated heterocycles. The van der Waals surface area contributed by atoms with E-state index >= 15 is 0 Å². The van der Waals surface area contributed by atoms with Crippen molar-refractivity contribution >= 4 is 16.3 Å². The van der Waals surface area contributed by atoms with Gasteiger partial charge in [-0.25, -0.2) is 9.52 Å². The highest BCUT2D eigenvalue weighted by atomic mass is 32.2. The molecular weight excluding hydrogens is 258 g/mol. The van der Waals surface area contributed by atoms with E-state index in [-0.39, 0.29) is 13.2 Å². The zero-order chi connectivity index (χ0) is 13.6. The van der Waals surface area contributed by atoms with Crippen LogP contribution in [0.15, 0.2) is 0 Å². The molecule has 0 aromatic carbocycles. The third-order valence-electron chi connectivity index (χ3n) is 3.05. The van der Waals surface area contributed by atoms with E-state index in [0.29, 0.717) is 12.8 Å². The average molecular weight is 279 g/mol. The van der Waals surface area contributed by atoms with Crippen molar-refractivity contribution in [3.63, 3.8) is 0 Å². The predicted molar refractivity (Wildman–Crippen MR) is 67.1 cm³/mol. The summed E-state index contributed by atoms with van der Waals surface area (Å²) in [6.45, 7) is 1.93. The lowest BCUT2D eigenvalue weighted by atomic mass is 9.83. The van der Waals surface area contributed by atoms with Gasteiger partial charge in [0.05, 0.1) is 6.61 Å². The van der Waals surface area contributed by atoms with Gasteiger partial charge in [0.2, 0.25) is 0 Å². The molecule has 0 atom stereocenters. The minimum atomic E-state index is -3.93. The molecule has 1 fully saturated rings. The molecule has 0 radical (unpaired) electrons. The third kappa shape index (κ3) is 4.43. The van der Waals surface area contributed by atoms with Crippen molar-refractivity contribution < 1.29 is 17.9 Å². The summed E-state index contributed by atoms with van der Waals surface area (Å²) in [5.74, 6) is 0. The van der Waals surface area contributed by atoms with Crippen LogP contribution in [-0.2, 0) is 14.9 Å². The van der Waals surface area contributed by atoms with Crippen molar-refractivity contribution in [1.82, 2.24) is 9.44 Å². The molecule has 0 aromatic rings. The van der Waals surface area contributed by atoms with Crippen LogP contribution in [0.1, 0.15) is 39.0 Å². The largest absolute Gasteiger partial charge is 0.449 e. The van der Waals surface area contributed by atoms with Gasteiger partial charge in [-0.05, 0) is 19.8 Å². The van der Waals surface area contributed by atoms with Crippen LogP contribution >= 0.6 is 0 Å². The first-order valence-corrected chi connectivity index (χ1v) is 7.60. The summed E-state index contributed by atoms with van der Waals surface area (Å²) in [7, 11) is -3.93. The third-order valence-corrected chi connectivity index (χ3v) is 4.18. The summed E-state index contributed by atoms with van der Waals surface area (Å²) >= 11 is 0. The number of nitrogens with one attached hydrogen (secondary N) is 2. The monoisotopic (exact) mass is 279 g/mol. The summed E-state index contributed by atoms with van der Waals surface area (Å²) in [5.41, 5.74) is 5.02. The van der Waals surface area contributed by atoms with Crippen LogP contribution in [0.2, 0.25) is 0 Å². The average Bonchev–Trinajstić information content (AvgIpc) is 2.29. The molecule has 7 nitrogen and oxygen atoms in total. The zero-order valence-corrected chi connectivity index (χ0v) is 11.4. The fourth-order valence-electron chi connectivity index (χ4n) is 2.16. The van der Waals surface area contributed by atoms with E-state index in [1.165, 1.54) is 0 Å². The Morgan fingerprint density at radius 1 is 1.33 bits per heavy atom. The van der Waals surface area contributed by atoms with Gasteiger partial charge in [-0.15, -0.1) is 0 Å². The molecule has 4 N–H and O–H groups in total. The van der Waals surface area contributed by atoms with E-state index in [9.17, 15) is 13.2 Å². The summed E-state index contributed by atoms with van der Waals surface area (Å²) < 4.78 is 32.4. The number of nitrogens with two attached hydrogens (primary N) is 1. The first kappa shape index (κ1) is 15.2. The molecule has 106 valence electrons. The summed E-state index contributed by atoms with van der Waals surface area (Å²) in [4.78, 5) is 11.1. The van der Waals surface area contributed by atoms with Crippen LogP contribution in [0.4, 0.5) is 4.79 Å². The molecule has 0 unspecified atom stereocenters. The Kier molecular flexibility index (Phi) is 5.36. The molecule has 0 spiro atoms. The smallest absolute Gasteiger partial charge is 0.421 e. The molecule has 1 aliphatic rings. The fraction of sp³-hybridized carbons (Fsp3) is 0.900. The second kappa shape index (κ2) is 6.35. The van der Waals surface area contributed by atoms with Gasteiger partial charge in [0.25, 0.3) is 0 Å². The van der Waals surface area contributed by atoms with Crippen molar-refractivity contribution in [1.29, 1.82) is 0 Å². The number of rotatable bonds is 5. The Hall–Kier alpha value is -0.860. The second-order valence-corrected chi connectivity index (χ2v) is 5.89. The van der Waals surface area contributed by atoms with E-state index in [1.54, 1.807) is 6.92 Å². The maximum atomic E-state index is 11.8. The minimum absolute atomic E-state index is 0.114. The quantitative estimate of drug-likeness (QED) is 0.667. The van der Waals surface area contributed by atoms with Gasteiger partial charge < -0.3 is 10.5 Å². The maximum Gasteiger partial charge on any atom is 0.421 e. The van der Waals surface area contributed by atoms with Gasteiger partial charge in [0.1, 0.15) is 0 Å². The van der Waals surface area contributed by atoms with Crippen LogP contribution < -0.4 is 15.2 Å². The van der Waals surface area contributed by atoms with Crippen molar-refractivity contribution in [3.8, 4) is 0 Å². The summed E-state index contributed by atoms with van der Waals surface area (Å²) in [6.07, 6.45) is 3.33. The van der Waals surface area contributed by atoms with Gasteiger partial charge in [-0.1, -0.05) is 19.3 Å². The van der Waals surface area contributed by atoms with Gasteiger partial charge >= 0.3 is 16.3 Å². The Morgan fingerprint density at radius 3 is 2.44 bits per heavy atom. The molecule has 1 saturated carbocycles. The van der Waals surface area contributed by atoms with Crippen molar-refractivity contribution in [3.05, 3.63) is 0 Å². The Bertz CT molecular complexity index is 377. The van der Waals surface area contributed by atoms with Crippen LogP contribution in [-0.4, -0.2) is 33.2 Å². The molecule has 0 aromatic heterocycles. The van der Waals surface area contributed by atoms with Crippen molar-refractivity contribution in [2.24, 2.45) is 5.73 Å². The normalized spacial score (nSPS) is 19.2. The molecule has 1 rings (SSSR count). The number of hydrogen-bond acceptors (Lipinski definition) is 5. The molecule has 1 amide bonds. The minimum Gasteiger partial charge on any atom is -0.449 e. The highest BCUT2D eigenvalue weighted by molar-refractivity contribution is 7.88. The van der Waals surface area contributed by atoms with E-state index in [0.717, 1.165) is 19.3 Å². The maximum absolute atomic E-state index is 11.8. The van der Waals surface area contributed by atoms with Crippen LogP contribution in [0.3, 0.4) is 0 Å². The number of carbonyl (C=O) groups excluding carboxylic acids is 1. The van der Waals surface area contributed by atoms with Gasteiger partial charge in [-0.2, -0.15) is 13.1 Å². The van der Waals surface area contributed by atoms with Gasteiger partial charge in [0, 0.05) is 12.1 Å². The Balaban J connectivity index is 2.65. The fourth-order valence-corrected chi connectivity index (χ4v) is 3.34. The second-order valence-electron chi connectivity index (χ2n) is 4.47. The van der Waals surface area contributed by atoms with E-state index in [2.05, 4.69) is 9.46 Å². The lowest BCUT2D eigenvalue weighted by Gasteiger charge is -2.36. The first-order valence-electron chi connectivity index (χ1n) is 6.11. The van der Waals surface area contributed by atoms with Gasteiger partial charge in [-0.3, -0.25) is 0 Å². The molecular formula is C10H21N3O4S. The number of carbonyl (C=O) groups is 1. The number of ether oxygens (including phenoxy) is 1.